The third kappa shape index (κ3) is 3.25. The van der Waals surface area contributed by atoms with Gasteiger partial charge < -0.3 is 20.5 Å². The van der Waals surface area contributed by atoms with Crippen LogP contribution in [0.5, 0.6) is 11.5 Å². The van der Waals surface area contributed by atoms with Gasteiger partial charge in [-0.05, 0) is 66.6 Å². The summed E-state index contributed by atoms with van der Waals surface area (Å²) in [4.78, 5) is 12.0. The number of Topliss-reactive ketones (excluding diaryl/α,β-unsaturated/α-hetero) is 1. The van der Waals surface area contributed by atoms with Crippen LogP contribution in [0.15, 0.2) is 27.9 Å². The molecule has 1 unspecified atom stereocenters. The van der Waals surface area contributed by atoms with Crippen LogP contribution in [0.4, 0.5) is 0 Å². The number of ketones is 1. The van der Waals surface area contributed by atoms with Crippen LogP contribution in [-0.2, 0) is 4.79 Å². The van der Waals surface area contributed by atoms with Gasteiger partial charge in [-0.25, -0.2) is 0 Å². The largest absolute Gasteiger partial charge is 0.503 e. The van der Waals surface area contributed by atoms with Crippen molar-refractivity contribution in [2.75, 3.05) is 6.61 Å². The van der Waals surface area contributed by atoms with Gasteiger partial charge in [-0.3, -0.25) is 4.79 Å². The molecule has 0 spiro atoms. The molecule has 1 heterocycles. The fourth-order valence-electron chi connectivity index (χ4n) is 2.44. The van der Waals surface area contributed by atoms with E-state index in [-0.39, 0.29) is 17.6 Å². The minimum atomic E-state index is -0.387. The SMILES string of the molecule is CCOc1cc(C2NC(=S)NC(C)=C2C(C)=O)cc(Br)c1O. The predicted octanol–water partition coefficient (Wildman–Crippen LogP) is 2.94. The van der Waals surface area contributed by atoms with Crippen LogP contribution in [0.2, 0.25) is 0 Å². The Bertz CT molecular complexity index is 673. The summed E-state index contributed by atoms with van der Waals surface area (Å²) in [6, 6.07) is 3.08. The quantitative estimate of drug-likeness (QED) is 0.693. The standard InChI is InChI=1S/C15H17BrN2O3S/c1-4-21-11-6-9(5-10(16)14(11)20)13-12(8(3)19)7(2)17-15(22)18-13/h5-6,13,20H,4H2,1-3H3,(H2,17,18,22). The van der Waals surface area contributed by atoms with Gasteiger partial charge in [0.25, 0.3) is 0 Å². The average Bonchev–Trinajstić information content (AvgIpc) is 2.42. The summed E-state index contributed by atoms with van der Waals surface area (Å²) >= 11 is 8.50. The Morgan fingerprint density at radius 2 is 2.18 bits per heavy atom. The number of phenolic OH excluding ortho intramolecular Hbond substituents is 1. The molecule has 1 aromatic carbocycles. The number of carbonyl (C=O) groups excluding carboxylic acids is 1. The molecule has 1 aromatic rings. The molecule has 0 saturated heterocycles. The molecule has 7 heteroatoms. The number of nitrogens with one attached hydrogen (secondary N) is 2. The second-order valence-corrected chi connectivity index (χ2v) is 6.17. The molecule has 0 saturated carbocycles. The van der Waals surface area contributed by atoms with Crippen molar-refractivity contribution in [2.45, 2.75) is 26.8 Å². The van der Waals surface area contributed by atoms with Gasteiger partial charge in [-0.15, -0.1) is 0 Å². The van der Waals surface area contributed by atoms with Crippen LogP contribution >= 0.6 is 28.1 Å². The highest BCUT2D eigenvalue weighted by Crippen LogP contribution is 2.39. The molecule has 1 aliphatic heterocycles. The van der Waals surface area contributed by atoms with Gasteiger partial charge in [0, 0.05) is 11.3 Å². The first kappa shape index (κ1) is 16.8. The van der Waals surface area contributed by atoms with Crippen molar-refractivity contribution in [1.82, 2.24) is 10.6 Å². The summed E-state index contributed by atoms with van der Waals surface area (Å²) in [5.74, 6) is 0.345. The van der Waals surface area contributed by atoms with Crippen LogP contribution in [0.25, 0.3) is 0 Å². The molecule has 118 valence electrons. The van der Waals surface area contributed by atoms with Crippen LogP contribution in [0, 0.1) is 0 Å². The molecule has 3 N–H and O–H groups in total. The number of aromatic hydroxyl groups is 1. The fraction of sp³-hybridized carbons (Fsp3) is 0.333. The van der Waals surface area contributed by atoms with E-state index in [1.165, 1.54) is 6.92 Å². The molecule has 0 fully saturated rings. The van der Waals surface area contributed by atoms with E-state index in [1.54, 1.807) is 12.1 Å². The molecular formula is C15H17BrN2O3S. The highest BCUT2D eigenvalue weighted by atomic mass is 79.9. The third-order valence-electron chi connectivity index (χ3n) is 3.33. The maximum atomic E-state index is 12.0. The molecule has 0 bridgehead atoms. The van der Waals surface area contributed by atoms with E-state index in [1.807, 2.05) is 13.8 Å². The van der Waals surface area contributed by atoms with Gasteiger partial charge >= 0.3 is 0 Å². The number of rotatable bonds is 4. The van der Waals surface area contributed by atoms with Crippen molar-refractivity contribution in [3.8, 4) is 11.5 Å². The lowest BCUT2D eigenvalue weighted by molar-refractivity contribution is -0.114. The molecule has 22 heavy (non-hydrogen) atoms. The average molecular weight is 385 g/mol. The summed E-state index contributed by atoms with van der Waals surface area (Å²) < 4.78 is 5.94. The summed E-state index contributed by atoms with van der Waals surface area (Å²) in [6.45, 7) is 5.59. The lowest BCUT2D eigenvalue weighted by atomic mass is 9.93. The summed E-state index contributed by atoms with van der Waals surface area (Å²) in [5, 5.41) is 16.5. The van der Waals surface area contributed by atoms with Gasteiger partial charge in [0.2, 0.25) is 0 Å². The second-order valence-electron chi connectivity index (χ2n) is 4.91. The minimum Gasteiger partial charge on any atom is -0.503 e. The highest BCUT2D eigenvalue weighted by molar-refractivity contribution is 9.10. The molecule has 2 rings (SSSR count). The first-order valence-corrected chi connectivity index (χ1v) is 7.99. The predicted molar refractivity (Wildman–Crippen MR) is 92.0 cm³/mol. The molecule has 1 aliphatic rings. The van der Waals surface area contributed by atoms with E-state index < -0.39 is 0 Å². The van der Waals surface area contributed by atoms with Crippen LogP contribution < -0.4 is 15.4 Å². The number of halogens is 1. The van der Waals surface area contributed by atoms with E-state index >= 15 is 0 Å². The number of ether oxygens (including phenoxy) is 1. The summed E-state index contributed by atoms with van der Waals surface area (Å²) in [7, 11) is 0. The Labute approximate surface area is 142 Å². The number of carbonyl (C=O) groups is 1. The molecule has 0 radical (unpaired) electrons. The van der Waals surface area contributed by atoms with E-state index in [2.05, 4.69) is 26.6 Å². The maximum absolute atomic E-state index is 12.0. The Balaban J connectivity index is 2.56. The van der Waals surface area contributed by atoms with Gasteiger partial charge in [-0.1, -0.05) is 0 Å². The number of phenols is 1. The molecule has 0 aromatic heterocycles. The second kappa shape index (κ2) is 6.66. The van der Waals surface area contributed by atoms with Gasteiger partial charge in [0.15, 0.2) is 22.4 Å². The number of hydrogen-bond donors (Lipinski definition) is 3. The smallest absolute Gasteiger partial charge is 0.172 e. The van der Waals surface area contributed by atoms with Gasteiger partial charge in [-0.2, -0.15) is 0 Å². The molecule has 1 atom stereocenters. The van der Waals surface area contributed by atoms with E-state index in [0.29, 0.717) is 27.5 Å². The van der Waals surface area contributed by atoms with Crippen molar-refractivity contribution in [3.05, 3.63) is 33.4 Å². The number of hydrogen-bond acceptors (Lipinski definition) is 4. The number of thiocarbonyl (C=S) groups is 1. The fourth-order valence-corrected chi connectivity index (χ4v) is 3.17. The topological polar surface area (TPSA) is 70.6 Å². The highest BCUT2D eigenvalue weighted by Gasteiger charge is 2.29. The van der Waals surface area contributed by atoms with Crippen molar-refractivity contribution in [3.63, 3.8) is 0 Å². The van der Waals surface area contributed by atoms with Gasteiger partial charge in [0.05, 0.1) is 17.1 Å². The normalized spacial score (nSPS) is 17.8. The van der Waals surface area contributed by atoms with Crippen LogP contribution in [0.3, 0.4) is 0 Å². The minimum absolute atomic E-state index is 0.0344. The zero-order chi connectivity index (χ0) is 16.4. The van der Waals surface area contributed by atoms with E-state index in [4.69, 9.17) is 17.0 Å². The lowest BCUT2D eigenvalue weighted by Crippen LogP contribution is -2.44. The Morgan fingerprint density at radius 1 is 1.50 bits per heavy atom. The Morgan fingerprint density at radius 3 is 2.77 bits per heavy atom. The number of benzene rings is 1. The molecule has 0 amide bonds. The van der Waals surface area contributed by atoms with Crippen molar-refractivity contribution in [2.24, 2.45) is 0 Å². The Kier molecular flexibility index (Phi) is 5.08. The van der Waals surface area contributed by atoms with Crippen LogP contribution in [-0.4, -0.2) is 22.6 Å². The molecular weight excluding hydrogens is 368 g/mol. The summed E-state index contributed by atoms with van der Waals surface area (Å²) in [6.07, 6.45) is 0. The van der Waals surface area contributed by atoms with Crippen LogP contribution in [0.1, 0.15) is 32.4 Å². The van der Waals surface area contributed by atoms with Crippen molar-refractivity contribution >= 4 is 39.0 Å². The first-order chi connectivity index (χ1) is 10.3. The van der Waals surface area contributed by atoms with Gasteiger partial charge in [0.1, 0.15) is 0 Å². The van der Waals surface area contributed by atoms with E-state index in [9.17, 15) is 9.90 Å². The Hall–Kier alpha value is -1.60. The lowest BCUT2D eigenvalue weighted by Gasteiger charge is -2.30. The molecule has 0 aliphatic carbocycles. The summed E-state index contributed by atoms with van der Waals surface area (Å²) in [5.41, 5.74) is 2.11. The number of allylic oxidation sites excluding steroid dienone is 1. The molecule has 5 nitrogen and oxygen atoms in total. The third-order valence-corrected chi connectivity index (χ3v) is 4.16. The zero-order valence-corrected chi connectivity index (χ0v) is 14.9. The zero-order valence-electron chi connectivity index (χ0n) is 12.5. The maximum Gasteiger partial charge on any atom is 0.172 e. The monoisotopic (exact) mass is 384 g/mol. The van der Waals surface area contributed by atoms with E-state index in [0.717, 1.165) is 11.3 Å². The first-order valence-electron chi connectivity index (χ1n) is 6.79. The van der Waals surface area contributed by atoms with Crippen molar-refractivity contribution < 1.29 is 14.6 Å². The van der Waals surface area contributed by atoms with Crippen molar-refractivity contribution in [1.29, 1.82) is 0 Å².